The molecule has 0 aliphatic carbocycles. The van der Waals surface area contributed by atoms with Gasteiger partial charge < -0.3 is 14.8 Å². The zero-order valence-corrected chi connectivity index (χ0v) is 10.0. The molecule has 0 bridgehead atoms. The first-order valence-corrected chi connectivity index (χ1v) is 6.44. The Morgan fingerprint density at radius 3 is 3.06 bits per heavy atom. The lowest BCUT2D eigenvalue weighted by Gasteiger charge is -2.27. The Morgan fingerprint density at radius 1 is 1.24 bits per heavy atom. The maximum Gasteiger partial charge on any atom is 0.0952 e. The van der Waals surface area contributed by atoms with Gasteiger partial charge in [0, 0.05) is 19.2 Å². The molecule has 0 radical (unpaired) electrons. The summed E-state index contributed by atoms with van der Waals surface area (Å²) in [6.45, 7) is 3.46. The van der Waals surface area contributed by atoms with E-state index >= 15 is 0 Å². The van der Waals surface area contributed by atoms with Gasteiger partial charge in [0.25, 0.3) is 0 Å². The zero-order valence-electron chi connectivity index (χ0n) is 10.0. The summed E-state index contributed by atoms with van der Waals surface area (Å²) in [4.78, 5) is 0. The third kappa shape index (κ3) is 2.51. The van der Waals surface area contributed by atoms with Crippen LogP contribution >= 0.6 is 0 Å². The Hall–Kier alpha value is -0.900. The standard InChI is InChI=1S/C14H19NO2/c1-2-4-13-11(3-1)5-8-17-14(13)9-15-12-6-7-16-10-12/h1-4,12,14-15H,5-10H2. The zero-order chi connectivity index (χ0) is 11.5. The van der Waals surface area contributed by atoms with Crippen LogP contribution in [0.2, 0.25) is 0 Å². The minimum absolute atomic E-state index is 0.209. The second-order valence-corrected chi connectivity index (χ2v) is 4.78. The predicted octanol–water partition coefficient (Wildman–Crippen LogP) is 1.68. The molecule has 1 aromatic carbocycles. The average Bonchev–Trinajstić information content (AvgIpc) is 2.89. The molecule has 2 aliphatic heterocycles. The van der Waals surface area contributed by atoms with Crippen molar-refractivity contribution < 1.29 is 9.47 Å². The Balaban J connectivity index is 1.64. The third-order valence-electron chi connectivity index (χ3n) is 3.61. The molecule has 0 aromatic heterocycles. The number of rotatable bonds is 3. The van der Waals surface area contributed by atoms with E-state index in [9.17, 15) is 0 Å². The molecule has 0 saturated carbocycles. The number of hydrogen-bond donors (Lipinski definition) is 1. The highest BCUT2D eigenvalue weighted by molar-refractivity contribution is 5.31. The second-order valence-electron chi connectivity index (χ2n) is 4.78. The summed E-state index contributed by atoms with van der Waals surface area (Å²) in [5.74, 6) is 0. The minimum Gasteiger partial charge on any atom is -0.380 e. The van der Waals surface area contributed by atoms with Gasteiger partial charge in [-0.05, 0) is 24.0 Å². The summed E-state index contributed by atoms with van der Waals surface area (Å²) in [5.41, 5.74) is 2.79. The Labute approximate surface area is 102 Å². The molecule has 3 rings (SSSR count). The van der Waals surface area contributed by atoms with Gasteiger partial charge in [-0.25, -0.2) is 0 Å². The minimum atomic E-state index is 0.209. The van der Waals surface area contributed by atoms with Crippen LogP contribution in [-0.2, 0) is 15.9 Å². The molecule has 0 spiro atoms. The molecule has 0 amide bonds. The van der Waals surface area contributed by atoms with Gasteiger partial charge in [-0.3, -0.25) is 0 Å². The molecule has 17 heavy (non-hydrogen) atoms. The first kappa shape index (κ1) is 11.2. The van der Waals surface area contributed by atoms with Crippen molar-refractivity contribution in [1.29, 1.82) is 0 Å². The van der Waals surface area contributed by atoms with Crippen molar-refractivity contribution in [2.24, 2.45) is 0 Å². The summed E-state index contributed by atoms with van der Waals surface area (Å²) in [6, 6.07) is 9.11. The van der Waals surface area contributed by atoms with Crippen molar-refractivity contribution in [3.05, 3.63) is 35.4 Å². The fourth-order valence-corrected chi connectivity index (χ4v) is 2.61. The van der Waals surface area contributed by atoms with Gasteiger partial charge in [0.2, 0.25) is 0 Å². The molecule has 2 unspecified atom stereocenters. The maximum atomic E-state index is 5.86. The number of hydrogen-bond acceptors (Lipinski definition) is 3. The normalized spacial score (nSPS) is 28.0. The Morgan fingerprint density at radius 2 is 2.18 bits per heavy atom. The number of ether oxygens (including phenoxy) is 2. The molecule has 3 nitrogen and oxygen atoms in total. The van der Waals surface area contributed by atoms with E-state index in [0.29, 0.717) is 6.04 Å². The van der Waals surface area contributed by atoms with Crippen LogP contribution in [-0.4, -0.2) is 32.4 Å². The van der Waals surface area contributed by atoms with Crippen LogP contribution in [0.25, 0.3) is 0 Å². The summed E-state index contributed by atoms with van der Waals surface area (Å²) >= 11 is 0. The fraction of sp³-hybridized carbons (Fsp3) is 0.571. The monoisotopic (exact) mass is 233 g/mol. The summed E-state index contributed by atoms with van der Waals surface area (Å²) in [5, 5.41) is 3.54. The van der Waals surface area contributed by atoms with Gasteiger partial charge >= 0.3 is 0 Å². The van der Waals surface area contributed by atoms with Crippen molar-refractivity contribution in [2.75, 3.05) is 26.4 Å². The van der Waals surface area contributed by atoms with Crippen molar-refractivity contribution >= 4 is 0 Å². The number of nitrogens with one attached hydrogen (secondary N) is 1. The van der Waals surface area contributed by atoms with Gasteiger partial charge in [0.15, 0.2) is 0 Å². The van der Waals surface area contributed by atoms with Crippen LogP contribution in [0, 0.1) is 0 Å². The molecule has 3 heteroatoms. The number of benzene rings is 1. The molecule has 1 aromatic rings. The van der Waals surface area contributed by atoms with E-state index in [1.807, 2.05) is 0 Å². The first-order chi connectivity index (χ1) is 8.43. The SMILES string of the molecule is c1ccc2c(c1)CCOC2CNC1CCOC1. The Bertz CT molecular complexity index is 374. The summed E-state index contributed by atoms with van der Waals surface area (Å²) in [7, 11) is 0. The predicted molar refractivity (Wildman–Crippen MR) is 66.1 cm³/mol. The largest absolute Gasteiger partial charge is 0.380 e. The lowest BCUT2D eigenvalue weighted by atomic mass is 9.97. The second kappa shape index (κ2) is 5.17. The molecular weight excluding hydrogens is 214 g/mol. The molecular formula is C14H19NO2. The van der Waals surface area contributed by atoms with E-state index in [1.165, 1.54) is 11.1 Å². The van der Waals surface area contributed by atoms with Crippen LogP contribution in [0.4, 0.5) is 0 Å². The smallest absolute Gasteiger partial charge is 0.0952 e. The van der Waals surface area contributed by atoms with E-state index in [4.69, 9.17) is 9.47 Å². The van der Waals surface area contributed by atoms with E-state index in [2.05, 4.69) is 29.6 Å². The third-order valence-corrected chi connectivity index (χ3v) is 3.61. The van der Waals surface area contributed by atoms with Gasteiger partial charge in [-0.2, -0.15) is 0 Å². The lowest BCUT2D eigenvalue weighted by Crippen LogP contribution is -2.35. The van der Waals surface area contributed by atoms with Crippen LogP contribution in [0.5, 0.6) is 0 Å². The highest BCUT2D eigenvalue weighted by atomic mass is 16.5. The van der Waals surface area contributed by atoms with Crippen LogP contribution < -0.4 is 5.32 Å². The topological polar surface area (TPSA) is 30.5 Å². The molecule has 92 valence electrons. The number of fused-ring (bicyclic) bond motifs is 1. The van der Waals surface area contributed by atoms with Gasteiger partial charge in [0.05, 0.1) is 19.3 Å². The van der Waals surface area contributed by atoms with Gasteiger partial charge in [-0.15, -0.1) is 0 Å². The molecule has 1 N–H and O–H groups in total. The Kier molecular flexibility index (Phi) is 3.41. The molecule has 2 atom stereocenters. The van der Waals surface area contributed by atoms with Crippen LogP contribution in [0.15, 0.2) is 24.3 Å². The van der Waals surface area contributed by atoms with Crippen molar-refractivity contribution in [3.8, 4) is 0 Å². The van der Waals surface area contributed by atoms with E-state index < -0.39 is 0 Å². The van der Waals surface area contributed by atoms with Crippen molar-refractivity contribution in [2.45, 2.75) is 25.0 Å². The van der Waals surface area contributed by atoms with Crippen LogP contribution in [0.1, 0.15) is 23.7 Å². The molecule has 1 saturated heterocycles. The van der Waals surface area contributed by atoms with Gasteiger partial charge in [0.1, 0.15) is 0 Å². The quantitative estimate of drug-likeness (QED) is 0.861. The fourth-order valence-electron chi connectivity index (χ4n) is 2.61. The maximum absolute atomic E-state index is 5.86. The van der Waals surface area contributed by atoms with Crippen molar-refractivity contribution in [1.82, 2.24) is 5.32 Å². The van der Waals surface area contributed by atoms with E-state index in [1.54, 1.807) is 0 Å². The summed E-state index contributed by atoms with van der Waals surface area (Å²) < 4.78 is 11.2. The average molecular weight is 233 g/mol. The molecule has 2 heterocycles. The molecule has 1 fully saturated rings. The van der Waals surface area contributed by atoms with Crippen LogP contribution in [0.3, 0.4) is 0 Å². The first-order valence-electron chi connectivity index (χ1n) is 6.44. The lowest BCUT2D eigenvalue weighted by molar-refractivity contribution is 0.0403. The summed E-state index contributed by atoms with van der Waals surface area (Å²) in [6.07, 6.45) is 2.37. The van der Waals surface area contributed by atoms with Crippen molar-refractivity contribution in [3.63, 3.8) is 0 Å². The van der Waals surface area contributed by atoms with E-state index in [0.717, 1.165) is 39.2 Å². The van der Waals surface area contributed by atoms with E-state index in [-0.39, 0.29) is 6.10 Å². The molecule has 2 aliphatic rings. The highest BCUT2D eigenvalue weighted by Crippen LogP contribution is 2.26. The van der Waals surface area contributed by atoms with Gasteiger partial charge in [-0.1, -0.05) is 24.3 Å². The highest BCUT2D eigenvalue weighted by Gasteiger charge is 2.22.